The van der Waals surface area contributed by atoms with Gasteiger partial charge in [-0.05, 0) is 36.6 Å². The molecule has 0 spiro atoms. The van der Waals surface area contributed by atoms with Crippen LogP contribution in [0.4, 0.5) is 5.69 Å². The van der Waals surface area contributed by atoms with E-state index < -0.39 is 0 Å². The van der Waals surface area contributed by atoms with E-state index in [2.05, 4.69) is 23.9 Å². The zero-order chi connectivity index (χ0) is 13.5. The largest absolute Gasteiger partial charge is 0.465 e. The van der Waals surface area contributed by atoms with Crippen LogP contribution in [0.3, 0.4) is 0 Å². The first kappa shape index (κ1) is 14.5. The maximum Gasteiger partial charge on any atom is 0.337 e. The summed E-state index contributed by atoms with van der Waals surface area (Å²) in [4.78, 5) is 11.4. The smallest absolute Gasteiger partial charge is 0.337 e. The van der Waals surface area contributed by atoms with Crippen molar-refractivity contribution < 1.29 is 9.53 Å². The molecule has 0 aliphatic rings. The van der Waals surface area contributed by atoms with Crippen LogP contribution < -0.4 is 11.1 Å². The maximum absolute atomic E-state index is 11.4. The lowest BCUT2D eigenvalue weighted by Crippen LogP contribution is -2.27. The van der Waals surface area contributed by atoms with E-state index in [1.807, 2.05) is 12.1 Å². The summed E-state index contributed by atoms with van der Waals surface area (Å²) in [6.07, 6.45) is 0. The van der Waals surface area contributed by atoms with Crippen molar-refractivity contribution in [2.24, 2.45) is 17.6 Å². The molecule has 0 aromatic heterocycles. The highest BCUT2D eigenvalue weighted by molar-refractivity contribution is 5.90. The van der Waals surface area contributed by atoms with Crippen molar-refractivity contribution in [3.8, 4) is 0 Å². The third-order valence-electron chi connectivity index (χ3n) is 3.10. The second-order valence-corrected chi connectivity index (χ2v) is 4.69. The van der Waals surface area contributed by atoms with Gasteiger partial charge in [-0.15, -0.1) is 0 Å². The van der Waals surface area contributed by atoms with Crippen LogP contribution in [0.5, 0.6) is 0 Å². The third kappa shape index (κ3) is 4.04. The molecule has 0 saturated heterocycles. The van der Waals surface area contributed by atoms with Crippen molar-refractivity contribution in [2.45, 2.75) is 13.8 Å². The van der Waals surface area contributed by atoms with Gasteiger partial charge in [-0.2, -0.15) is 0 Å². The van der Waals surface area contributed by atoms with Crippen LogP contribution in [0.25, 0.3) is 0 Å². The van der Waals surface area contributed by atoms with Crippen molar-refractivity contribution in [1.29, 1.82) is 0 Å². The molecule has 0 heterocycles. The minimum Gasteiger partial charge on any atom is -0.465 e. The summed E-state index contributed by atoms with van der Waals surface area (Å²) in [5.41, 5.74) is 7.19. The summed E-state index contributed by atoms with van der Waals surface area (Å²) in [5.74, 6) is 0.635. The molecule has 1 aromatic carbocycles. The quantitative estimate of drug-likeness (QED) is 0.759. The number of esters is 1. The molecule has 100 valence electrons. The number of methoxy groups -OCH3 is 1. The van der Waals surface area contributed by atoms with Crippen molar-refractivity contribution in [3.05, 3.63) is 29.8 Å². The van der Waals surface area contributed by atoms with Crippen LogP contribution >= 0.6 is 0 Å². The number of benzene rings is 1. The van der Waals surface area contributed by atoms with Gasteiger partial charge in [-0.25, -0.2) is 4.79 Å². The van der Waals surface area contributed by atoms with Gasteiger partial charge in [0.25, 0.3) is 0 Å². The Kier molecular flexibility index (Phi) is 5.65. The molecular weight excluding hydrogens is 228 g/mol. The highest BCUT2D eigenvalue weighted by atomic mass is 16.5. The van der Waals surface area contributed by atoms with Gasteiger partial charge in [0.15, 0.2) is 0 Å². The number of hydrogen-bond donors (Lipinski definition) is 2. The van der Waals surface area contributed by atoms with Gasteiger partial charge in [-0.1, -0.05) is 19.9 Å². The molecule has 0 saturated carbocycles. The Balaban J connectivity index is 2.65. The lowest BCUT2D eigenvalue weighted by atomic mass is 9.96. The molecule has 0 aliphatic heterocycles. The fraction of sp³-hybridized carbons (Fsp3) is 0.500. The Morgan fingerprint density at radius 2 is 2.17 bits per heavy atom. The van der Waals surface area contributed by atoms with Gasteiger partial charge in [0.05, 0.1) is 12.7 Å². The molecule has 0 fully saturated rings. The van der Waals surface area contributed by atoms with Gasteiger partial charge in [-0.3, -0.25) is 0 Å². The predicted molar refractivity (Wildman–Crippen MR) is 73.7 cm³/mol. The van der Waals surface area contributed by atoms with Gasteiger partial charge >= 0.3 is 5.97 Å². The van der Waals surface area contributed by atoms with Gasteiger partial charge in [0.1, 0.15) is 0 Å². The predicted octanol–water partition coefficient (Wildman–Crippen LogP) is 2.12. The summed E-state index contributed by atoms with van der Waals surface area (Å²) in [7, 11) is 1.38. The molecule has 4 nitrogen and oxygen atoms in total. The minimum atomic E-state index is -0.321. The highest BCUT2D eigenvalue weighted by Gasteiger charge is 2.11. The van der Waals surface area contributed by atoms with Crippen molar-refractivity contribution in [2.75, 3.05) is 25.5 Å². The molecule has 3 N–H and O–H groups in total. The van der Waals surface area contributed by atoms with E-state index in [1.165, 1.54) is 7.11 Å². The van der Waals surface area contributed by atoms with Crippen LogP contribution in [0.2, 0.25) is 0 Å². The Hall–Kier alpha value is -1.55. The SMILES string of the molecule is COC(=O)c1cccc(NCC(CN)C(C)C)c1. The Labute approximate surface area is 109 Å². The molecule has 1 atom stereocenters. The monoisotopic (exact) mass is 250 g/mol. The van der Waals surface area contributed by atoms with Gasteiger partial charge in [0, 0.05) is 12.2 Å². The number of anilines is 1. The number of hydrogen-bond acceptors (Lipinski definition) is 4. The number of nitrogens with one attached hydrogen (secondary N) is 1. The molecule has 0 radical (unpaired) electrons. The minimum absolute atomic E-state index is 0.321. The fourth-order valence-corrected chi connectivity index (χ4v) is 1.71. The van der Waals surface area contributed by atoms with Gasteiger partial charge in [0.2, 0.25) is 0 Å². The van der Waals surface area contributed by atoms with E-state index in [9.17, 15) is 4.79 Å². The number of rotatable bonds is 6. The van der Waals surface area contributed by atoms with E-state index >= 15 is 0 Å². The molecule has 0 aliphatic carbocycles. The van der Waals surface area contributed by atoms with E-state index in [0.717, 1.165) is 12.2 Å². The summed E-state index contributed by atoms with van der Waals surface area (Å²) >= 11 is 0. The Morgan fingerprint density at radius 3 is 2.72 bits per heavy atom. The number of nitrogens with two attached hydrogens (primary N) is 1. The lowest BCUT2D eigenvalue weighted by Gasteiger charge is -2.20. The first-order valence-electron chi connectivity index (χ1n) is 6.20. The van der Waals surface area contributed by atoms with Crippen LogP contribution in [-0.2, 0) is 4.74 Å². The summed E-state index contributed by atoms with van der Waals surface area (Å²) in [6, 6.07) is 7.29. The first-order valence-corrected chi connectivity index (χ1v) is 6.20. The highest BCUT2D eigenvalue weighted by Crippen LogP contribution is 2.14. The lowest BCUT2D eigenvalue weighted by molar-refractivity contribution is 0.0601. The molecule has 18 heavy (non-hydrogen) atoms. The molecule has 4 heteroatoms. The zero-order valence-corrected chi connectivity index (χ0v) is 11.3. The van der Waals surface area contributed by atoms with Gasteiger partial charge < -0.3 is 15.8 Å². The standard InChI is InChI=1S/C14H22N2O2/c1-10(2)12(8-15)9-16-13-6-4-5-11(7-13)14(17)18-3/h4-7,10,12,16H,8-9,15H2,1-3H3. The van der Waals surface area contributed by atoms with E-state index in [-0.39, 0.29) is 5.97 Å². The fourth-order valence-electron chi connectivity index (χ4n) is 1.71. The Morgan fingerprint density at radius 1 is 1.44 bits per heavy atom. The van der Waals surface area contributed by atoms with Crippen molar-refractivity contribution in [1.82, 2.24) is 0 Å². The molecule has 0 amide bonds. The van der Waals surface area contributed by atoms with Crippen molar-refractivity contribution >= 4 is 11.7 Å². The molecule has 0 bridgehead atoms. The van der Waals surface area contributed by atoms with E-state index in [1.54, 1.807) is 12.1 Å². The van der Waals surface area contributed by atoms with Crippen molar-refractivity contribution in [3.63, 3.8) is 0 Å². The molecule has 1 aromatic rings. The Bertz CT molecular complexity index is 391. The first-order chi connectivity index (χ1) is 8.58. The maximum atomic E-state index is 11.4. The van der Waals surface area contributed by atoms with E-state index in [4.69, 9.17) is 5.73 Å². The number of ether oxygens (including phenoxy) is 1. The third-order valence-corrected chi connectivity index (χ3v) is 3.10. The topological polar surface area (TPSA) is 64.3 Å². The molecule has 1 unspecified atom stereocenters. The van der Waals surface area contributed by atoms with Crippen LogP contribution in [0.15, 0.2) is 24.3 Å². The number of carbonyl (C=O) groups is 1. The zero-order valence-electron chi connectivity index (χ0n) is 11.3. The molecule has 1 rings (SSSR count). The van der Waals surface area contributed by atoms with Crippen LogP contribution in [0.1, 0.15) is 24.2 Å². The summed E-state index contributed by atoms with van der Waals surface area (Å²) < 4.78 is 4.69. The summed E-state index contributed by atoms with van der Waals surface area (Å²) in [5, 5.41) is 3.31. The van der Waals surface area contributed by atoms with E-state index in [0.29, 0.717) is 23.9 Å². The normalized spacial score (nSPS) is 12.3. The number of carbonyl (C=O) groups excluding carboxylic acids is 1. The average molecular weight is 250 g/mol. The second-order valence-electron chi connectivity index (χ2n) is 4.69. The average Bonchev–Trinajstić information content (AvgIpc) is 2.38. The second kappa shape index (κ2) is 7.01. The van der Waals surface area contributed by atoms with Crippen LogP contribution in [-0.4, -0.2) is 26.2 Å². The van der Waals surface area contributed by atoms with Crippen LogP contribution in [0, 0.1) is 11.8 Å². The molecular formula is C14H22N2O2. The summed E-state index contributed by atoms with van der Waals surface area (Å²) in [6.45, 7) is 5.77.